The summed E-state index contributed by atoms with van der Waals surface area (Å²) in [5.41, 5.74) is -0.192. The van der Waals surface area contributed by atoms with Gasteiger partial charge in [-0.05, 0) is 6.07 Å². The Balaban J connectivity index is 2.91. The molecule has 1 aromatic rings. The number of halogens is 1. The largest absolute Gasteiger partial charge is 0.280 e. The Bertz CT molecular complexity index is 565. The zero-order valence-electron chi connectivity index (χ0n) is 6.73. The Morgan fingerprint density at radius 2 is 2.14 bits per heavy atom. The highest BCUT2D eigenvalue weighted by molar-refractivity contribution is 6.30. The minimum atomic E-state index is -0.588. The number of nitrogens with zero attached hydrogens (tertiary/aromatic N) is 2. The Morgan fingerprint density at radius 1 is 1.43 bits per heavy atom. The predicted molar refractivity (Wildman–Crippen MR) is 48.4 cm³/mol. The van der Waals surface area contributed by atoms with E-state index in [9.17, 15) is 14.9 Å². The van der Waals surface area contributed by atoms with Crippen LogP contribution in [0.15, 0.2) is 17.1 Å². The summed E-state index contributed by atoms with van der Waals surface area (Å²) in [6, 6.07) is 2.62. The molecule has 1 amide bonds. The molecule has 5 nitrogen and oxygen atoms in total. The molecule has 0 unspecified atom stereocenters. The molecule has 0 atom stereocenters. The van der Waals surface area contributed by atoms with Crippen LogP contribution in [-0.2, 0) is 4.79 Å². The number of rotatable bonds is 1. The number of benzene rings is 1. The maximum Gasteiger partial charge on any atom is 0.280 e. The lowest BCUT2D eigenvalue weighted by molar-refractivity contribution is -0.385. The van der Waals surface area contributed by atoms with Crippen molar-refractivity contribution in [3.8, 4) is 0 Å². The van der Waals surface area contributed by atoms with Gasteiger partial charge in [-0.25, -0.2) is 4.99 Å². The number of non-ortho nitro benzene ring substituents is 1. The van der Waals surface area contributed by atoms with Gasteiger partial charge in [-0.1, -0.05) is 11.6 Å². The molecule has 0 saturated heterocycles. The molecule has 0 aliphatic carbocycles. The third kappa shape index (κ3) is 1.27. The first-order valence-electron chi connectivity index (χ1n) is 3.66. The van der Waals surface area contributed by atoms with Gasteiger partial charge in [0.1, 0.15) is 0 Å². The second-order valence-electron chi connectivity index (χ2n) is 2.71. The van der Waals surface area contributed by atoms with Crippen LogP contribution in [0, 0.1) is 10.1 Å². The summed E-state index contributed by atoms with van der Waals surface area (Å²) in [5.74, 6) is -0.495. The van der Waals surface area contributed by atoms with Crippen LogP contribution in [0.5, 0.6) is 0 Å². The minimum Gasteiger partial charge on any atom is -0.267 e. The maximum atomic E-state index is 10.9. The van der Waals surface area contributed by atoms with Crippen molar-refractivity contribution in [2.24, 2.45) is 4.99 Å². The number of nitro groups is 1. The van der Waals surface area contributed by atoms with Crippen molar-refractivity contribution in [2.45, 2.75) is 0 Å². The van der Waals surface area contributed by atoms with E-state index in [-0.39, 0.29) is 21.3 Å². The average molecular weight is 211 g/mol. The highest BCUT2D eigenvalue weighted by Gasteiger charge is 2.16. The molecule has 14 heavy (non-hydrogen) atoms. The van der Waals surface area contributed by atoms with E-state index in [0.29, 0.717) is 0 Å². The zero-order chi connectivity index (χ0) is 10.3. The summed E-state index contributed by atoms with van der Waals surface area (Å²) >= 11 is 5.63. The monoisotopic (exact) mass is 210 g/mol. The summed E-state index contributed by atoms with van der Waals surface area (Å²) in [4.78, 5) is 24.5. The molecule has 1 aliphatic rings. The van der Waals surface area contributed by atoms with Gasteiger partial charge in [0.05, 0.1) is 15.5 Å². The van der Waals surface area contributed by atoms with Crippen LogP contribution in [0.2, 0.25) is 5.02 Å². The summed E-state index contributed by atoms with van der Waals surface area (Å²) in [5, 5.41) is 11.3. The van der Waals surface area contributed by atoms with Crippen molar-refractivity contribution in [3.63, 3.8) is 0 Å². The Kier molecular flexibility index (Phi) is 1.82. The summed E-state index contributed by atoms with van der Waals surface area (Å²) in [6.45, 7) is 0. The van der Waals surface area contributed by atoms with Crippen LogP contribution in [0.4, 0.5) is 5.69 Å². The number of carbonyl (C=O) groups excluding carboxylic acids is 1. The Hall–Kier alpha value is -1.75. The molecule has 0 bridgehead atoms. The van der Waals surface area contributed by atoms with Crippen LogP contribution in [-0.4, -0.2) is 10.8 Å². The molecule has 0 saturated carbocycles. The first-order valence-corrected chi connectivity index (χ1v) is 4.04. The molecule has 0 radical (unpaired) electrons. The lowest BCUT2D eigenvalue weighted by Gasteiger charge is -1.91. The van der Waals surface area contributed by atoms with Crippen molar-refractivity contribution in [1.82, 2.24) is 0 Å². The normalized spacial score (nSPS) is 13.1. The van der Waals surface area contributed by atoms with Gasteiger partial charge in [0.25, 0.3) is 11.6 Å². The molecule has 70 valence electrons. The summed E-state index contributed by atoms with van der Waals surface area (Å²) in [6.07, 6.45) is 1.13. The second-order valence-corrected chi connectivity index (χ2v) is 3.15. The van der Waals surface area contributed by atoms with Crippen LogP contribution >= 0.6 is 11.6 Å². The quantitative estimate of drug-likeness (QED) is 0.491. The highest BCUT2D eigenvalue weighted by atomic mass is 35.5. The van der Waals surface area contributed by atoms with Gasteiger partial charge in [0, 0.05) is 17.2 Å². The van der Waals surface area contributed by atoms with Crippen LogP contribution in [0.1, 0.15) is 0 Å². The highest BCUT2D eigenvalue weighted by Crippen LogP contribution is 2.11. The van der Waals surface area contributed by atoms with Gasteiger partial charge in [-0.3, -0.25) is 14.9 Å². The number of fused-ring (bicyclic) bond motifs is 1. The zero-order valence-corrected chi connectivity index (χ0v) is 7.49. The average Bonchev–Trinajstić information content (AvgIpc) is 2.42. The number of amides is 1. The fraction of sp³-hybridized carbons (Fsp3) is 0. The molecular weight excluding hydrogens is 208 g/mol. The van der Waals surface area contributed by atoms with E-state index in [1.54, 1.807) is 0 Å². The van der Waals surface area contributed by atoms with E-state index < -0.39 is 10.8 Å². The van der Waals surface area contributed by atoms with Crippen molar-refractivity contribution in [2.75, 3.05) is 0 Å². The Labute approximate surface area is 82.5 Å². The van der Waals surface area contributed by atoms with Crippen molar-refractivity contribution < 1.29 is 9.72 Å². The summed E-state index contributed by atoms with van der Waals surface area (Å²) in [7, 11) is 0. The van der Waals surface area contributed by atoms with Gasteiger partial charge < -0.3 is 0 Å². The van der Waals surface area contributed by atoms with E-state index in [2.05, 4.69) is 4.99 Å². The van der Waals surface area contributed by atoms with Gasteiger partial charge in [-0.2, -0.15) is 0 Å². The third-order valence-corrected chi connectivity index (χ3v) is 2.01. The molecule has 6 heteroatoms. The van der Waals surface area contributed by atoms with E-state index in [4.69, 9.17) is 11.6 Å². The van der Waals surface area contributed by atoms with E-state index in [0.717, 1.165) is 6.08 Å². The van der Waals surface area contributed by atoms with Gasteiger partial charge in [-0.15, -0.1) is 0 Å². The number of hydrogen-bond acceptors (Lipinski definition) is 3. The predicted octanol–water partition coefficient (Wildman–Crippen LogP) is 0.188. The number of nitro benzene ring substituents is 1. The Morgan fingerprint density at radius 3 is 2.79 bits per heavy atom. The first-order chi connectivity index (χ1) is 6.58. The molecule has 1 aromatic carbocycles. The third-order valence-electron chi connectivity index (χ3n) is 1.80. The smallest absolute Gasteiger partial charge is 0.267 e. The molecule has 2 rings (SSSR count). The second kappa shape index (κ2) is 2.88. The molecule has 1 aliphatic heterocycles. The van der Waals surface area contributed by atoms with Crippen molar-refractivity contribution >= 4 is 29.3 Å². The van der Waals surface area contributed by atoms with E-state index >= 15 is 0 Å². The fourth-order valence-corrected chi connectivity index (χ4v) is 1.46. The lowest BCUT2D eigenvalue weighted by Crippen LogP contribution is -2.24. The fourth-order valence-electron chi connectivity index (χ4n) is 1.26. The summed E-state index contributed by atoms with van der Waals surface area (Å²) < 4.78 is 0. The molecular formula is C8H3ClN2O3. The molecule has 0 fully saturated rings. The standard InChI is InChI=1S/C8H3ClN2O3/c9-4-1-6-5(3-8(12)10-6)7(2-4)11(13)14/h1-3H. The molecule has 0 aromatic heterocycles. The van der Waals surface area contributed by atoms with Gasteiger partial charge >= 0.3 is 0 Å². The molecule has 0 N–H and O–H groups in total. The van der Waals surface area contributed by atoms with E-state index in [1.807, 2.05) is 0 Å². The van der Waals surface area contributed by atoms with Crippen molar-refractivity contribution in [1.29, 1.82) is 0 Å². The van der Waals surface area contributed by atoms with E-state index in [1.165, 1.54) is 12.1 Å². The van der Waals surface area contributed by atoms with Gasteiger partial charge in [0.2, 0.25) is 0 Å². The molecule has 1 heterocycles. The SMILES string of the molecule is O=C1C=c2c([N+](=O)[O-])cc(Cl)cc2=N1. The number of hydrogen-bond donors (Lipinski definition) is 0. The topological polar surface area (TPSA) is 72.6 Å². The van der Waals surface area contributed by atoms with Crippen LogP contribution < -0.4 is 10.6 Å². The van der Waals surface area contributed by atoms with Crippen LogP contribution in [0.25, 0.3) is 6.08 Å². The maximum absolute atomic E-state index is 10.9. The lowest BCUT2D eigenvalue weighted by atomic mass is 10.2. The minimum absolute atomic E-state index is 0.192. The van der Waals surface area contributed by atoms with Crippen molar-refractivity contribution in [3.05, 3.63) is 37.8 Å². The van der Waals surface area contributed by atoms with Crippen LogP contribution in [0.3, 0.4) is 0 Å². The first kappa shape index (κ1) is 8.83. The van der Waals surface area contributed by atoms with Gasteiger partial charge in [0.15, 0.2) is 0 Å². The molecule has 0 spiro atoms. The number of carbonyl (C=O) groups is 1.